The fraction of sp³-hybridized carbons (Fsp3) is 0.423. The van der Waals surface area contributed by atoms with Crippen LogP contribution in [0.2, 0.25) is 0 Å². The third-order valence-electron chi connectivity index (χ3n) is 7.13. The molecule has 1 aromatic heterocycles. The average molecular weight is 431 g/mol. The summed E-state index contributed by atoms with van der Waals surface area (Å²) in [5, 5.41) is 11.7. The van der Waals surface area contributed by atoms with Crippen molar-refractivity contribution in [3.63, 3.8) is 0 Å². The van der Waals surface area contributed by atoms with Crippen molar-refractivity contribution in [2.75, 3.05) is 18.5 Å². The number of fused-ring (bicyclic) bond motifs is 1. The lowest BCUT2D eigenvalue weighted by atomic mass is 9.73. The molecule has 1 amide bonds. The van der Waals surface area contributed by atoms with Gasteiger partial charge < -0.3 is 14.6 Å². The maximum Gasteiger partial charge on any atom is 0.235 e. The number of hydrogen-bond acceptors (Lipinski definition) is 4. The molecule has 32 heavy (non-hydrogen) atoms. The van der Waals surface area contributed by atoms with Crippen molar-refractivity contribution in [3.05, 3.63) is 76.9 Å². The summed E-state index contributed by atoms with van der Waals surface area (Å²) in [4.78, 5) is 13.6. The number of ether oxygens (including phenoxy) is 1. The van der Waals surface area contributed by atoms with E-state index in [-0.39, 0.29) is 5.91 Å². The summed E-state index contributed by atoms with van der Waals surface area (Å²) in [6.07, 6.45) is 3.36. The molecule has 0 saturated carbocycles. The van der Waals surface area contributed by atoms with Crippen LogP contribution in [-0.4, -0.2) is 33.9 Å². The molecular formula is C26H30N4O2. The minimum atomic E-state index is -0.554. The van der Waals surface area contributed by atoms with Crippen LogP contribution in [0.1, 0.15) is 53.5 Å². The van der Waals surface area contributed by atoms with Crippen LogP contribution in [0.25, 0.3) is 0 Å². The Balaban J connectivity index is 1.38. The molecule has 5 rings (SSSR count). The summed E-state index contributed by atoms with van der Waals surface area (Å²) in [5.41, 5.74) is 3.82. The SMILES string of the molecule is Cc1ccc(C2(C(=O)Nc3cccc([C@@H]4CCc5nnc(C)n5C4)c3)CCOCC2)cc1. The average Bonchev–Trinajstić information content (AvgIpc) is 3.20. The van der Waals surface area contributed by atoms with Crippen molar-refractivity contribution >= 4 is 11.6 Å². The Morgan fingerprint density at radius 2 is 1.88 bits per heavy atom. The number of carbonyl (C=O) groups excluding carboxylic acids is 1. The van der Waals surface area contributed by atoms with Gasteiger partial charge in [0, 0.05) is 37.8 Å². The summed E-state index contributed by atoms with van der Waals surface area (Å²) >= 11 is 0. The van der Waals surface area contributed by atoms with Crippen molar-refractivity contribution in [1.29, 1.82) is 0 Å². The van der Waals surface area contributed by atoms with E-state index in [1.165, 1.54) is 11.1 Å². The first kappa shape index (κ1) is 20.9. The molecule has 0 unspecified atom stereocenters. The van der Waals surface area contributed by atoms with Gasteiger partial charge >= 0.3 is 0 Å². The number of nitrogens with one attached hydrogen (secondary N) is 1. The molecule has 3 aromatic rings. The lowest BCUT2D eigenvalue weighted by Gasteiger charge is -2.36. The summed E-state index contributed by atoms with van der Waals surface area (Å²) in [5.74, 6) is 2.49. The van der Waals surface area contributed by atoms with E-state index < -0.39 is 5.41 Å². The maximum absolute atomic E-state index is 13.6. The van der Waals surface area contributed by atoms with Crippen molar-refractivity contribution in [3.8, 4) is 0 Å². The second-order valence-corrected chi connectivity index (χ2v) is 9.15. The highest BCUT2D eigenvalue weighted by molar-refractivity contribution is 5.99. The van der Waals surface area contributed by atoms with E-state index in [9.17, 15) is 4.79 Å². The van der Waals surface area contributed by atoms with Gasteiger partial charge in [0.25, 0.3) is 0 Å². The Labute approximate surface area is 189 Å². The molecule has 2 aliphatic rings. The van der Waals surface area contributed by atoms with E-state index >= 15 is 0 Å². The number of carbonyl (C=O) groups is 1. The highest BCUT2D eigenvalue weighted by atomic mass is 16.5. The van der Waals surface area contributed by atoms with Crippen LogP contribution in [0, 0.1) is 13.8 Å². The Bertz CT molecular complexity index is 1110. The van der Waals surface area contributed by atoms with Crippen molar-refractivity contribution in [1.82, 2.24) is 14.8 Å². The number of benzene rings is 2. The van der Waals surface area contributed by atoms with Gasteiger partial charge in [-0.05, 0) is 56.4 Å². The lowest BCUT2D eigenvalue weighted by Crippen LogP contribution is -2.44. The Morgan fingerprint density at radius 1 is 1.09 bits per heavy atom. The van der Waals surface area contributed by atoms with Crippen molar-refractivity contribution in [2.45, 2.75) is 57.4 Å². The second-order valence-electron chi connectivity index (χ2n) is 9.15. The van der Waals surface area contributed by atoms with Gasteiger partial charge in [0.2, 0.25) is 5.91 Å². The van der Waals surface area contributed by atoms with Crippen LogP contribution in [0.5, 0.6) is 0 Å². The molecule has 0 aliphatic carbocycles. The molecule has 1 N–H and O–H groups in total. The molecule has 0 bridgehead atoms. The quantitative estimate of drug-likeness (QED) is 0.670. The van der Waals surface area contributed by atoms with E-state index in [1.54, 1.807) is 0 Å². The Kier molecular flexibility index (Phi) is 5.55. The van der Waals surface area contributed by atoms with Crippen LogP contribution in [0.3, 0.4) is 0 Å². The van der Waals surface area contributed by atoms with E-state index in [2.05, 4.69) is 63.4 Å². The van der Waals surface area contributed by atoms with Gasteiger partial charge in [-0.3, -0.25) is 4.79 Å². The number of aromatic nitrogens is 3. The summed E-state index contributed by atoms with van der Waals surface area (Å²) in [7, 11) is 0. The van der Waals surface area contributed by atoms with Crippen LogP contribution < -0.4 is 5.32 Å². The van der Waals surface area contributed by atoms with Crippen LogP contribution >= 0.6 is 0 Å². The molecule has 0 radical (unpaired) electrons. The smallest absolute Gasteiger partial charge is 0.235 e. The fourth-order valence-electron chi connectivity index (χ4n) is 5.09. The molecule has 6 nitrogen and oxygen atoms in total. The van der Waals surface area contributed by atoms with Gasteiger partial charge in [-0.15, -0.1) is 10.2 Å². The molecule has 2 aromatic carbocycles. The lowest BCUT2D eigenvalue weighted by molar-refractivity contribution is -0.125. The third kappa shape index (κ3) is 3.84. The zero-order valence-electron chi connectivity index (χ0n) is 18.8. The standard InChI is InChI=1S/C26H30N4O2/c1-18-6-9-22(10-7-18)26(12-14-32-15-13-26)25(31)27-23-5-3-4-20(16-23)21-8-11-24-29-28-19(2)30(24)17-21/h3-7,9-10,16,21H,8,11-15,17H2,1-2H3,(H,27,31)/t21-/m1/s1. The summed E-state index contributed by atoms with van der Waals surface area (Å²) in [6.45, 7) is 6.17. The minimum absolute atomic E-state index is 0.0578. The van der Waals surface area contributed by atoms with E-state index in [4.69, 9.17) is 4.74 Å². The predicted molar refractivity (Wildman–Crippen MR) is 124 cm³/mol. The Hall–Kier alpha value is -2.99. The number of nitrogens with zero attached hydrogens (tertiary/aromatic N) is 3. The number of aryl methyl sites for hydroxylation is 3. The Morgan fingerprint density at radius 3 is 2.66 bits per heavy atom. The van der Waals surface area contributed by atoms with E-state index in [0.29, 0.717) is 32.0 Å². The molecular weight excluding hydrogens is 400 g/mol. The first-order valence-corrected chi connectivity index (χ1v) is 11.5. The van der Waals surface area contributed by atoms with Gasteiger partial charge in [0.05, 0.1) is 5.41 Å². The number of amides is 1. The molecule has 1 fully saturated rings. The third-order valence-corrected chi connectivity index (χ3v) is 7.13. The number of anilines is 1. The van der Waals surface area contributed by atoms with E-state index in [0.717, 1.165) is 42.3 Å². The first-order valence-electron chi connectivity index (χ1n) is 11.5. The van der Waals surface area contributed by atoms with Crippen LogP contribution in [0.4, 0.5) is 5.69 Å². The maximum atomic E-state index is 13.6. The largest absolute Gasteiger partial charge is 0.381 e. The normalized spacial score (nSPS) is 19.9. The molecule has 2 aliphatic heterocycles. The molecule has 1 atom stereocenters. The molecule has 166 valence electrons. The molecule has 1 saturated heterocycles. The van der Waals surface area contributed by atoms with Gasteiger partial charge in [-0.2, -0.15) is 0 Å². The molecule has 0 spiro atoms. The van der Waals surface area contributed by atoms with Crippen LogP contribution in [0.15, 0.2) is 48.5 Å². The van der Waals surface area contributed by atoms with Gasteiger partial charge in [-0.25, -0.2) is 0 Å². The second kappa shape index (κ2) is 8.51. The van der Waals surface area contributed by atoms with Gasteiger partial charge in [0.1, 0.15) is 11.6 Å². The van der Waals surface area contributed by atoms with Gasteiger partial charge in [0.15, 0.2) is 0 Å². The monoisotopic (exact) mass is 430 g/mol. The fourth-order valence-corrected chi connectivity index (χ4v) is 5.09. The highest BCUT2D eigenvalue weighted by Crippen LogP contribution is 2.37. The minimum Gasteiger partial charge on any atom is -0.381 e. The van der Waals surface area contributed by atoms with Crippen LogP contribution in [-0.2, 0) is 27.9 Å². The predicted octanol–water partition coefficient (Wildman–Crippen LogP) is 4.31. The topological polar surface area (TPSA) is 69.0 Å². The van der Waals surface area contributed by atoms with Crippen molar-refractivity contribution in [2.24, 2.45) is 0 Å². The molecule has 6 heteroatoms. The molecule has 3 heterocycles. The zero-order valence-corrected chi connectivity index (χ0v) is 18.8. The summed E-state index contributed by atoms with van der Waals surface area (Å²) in [6, 6.07) is 16.7. The summed E-state index contributed by atoms with van der Waals surface area (Å²) < 4.78 is 7.82. The van der Waals surface area contributed by atoms with E-state index in [1.807, 2.05) is 19.1 Å². The zero-order chi connectivity index (χ0) is 22.1. The first-order chi connectivity index (χ1) is 15.5. The van der Waals surface area contributed by atoms with Crippen molar-refractivity contribution < 1.29 is 9.53 Å². The number of hydrogen-bond donors (Lipinski definition) is 1. The highest BCUT2D eigenvalue weighted by Gasteiger charge is 2.41. The van der Waals surface area contributed by atoms with Gasteiger partial charge in [-0.1, -0.05) is 42.0 Å². The number of rotatable bonds is 4.